The van der Waals surface area contributed by atoms with Gasteiger partial charge in [-0.05, 0) is 19.1 Å². The molecule has 0 fully saturated rings. The molecule has 1 unspecified atom stereocenters. The Morgan fingerprint density at radius 3 is 2.85 bits per heavy atom. The first kappa shape index (κ1) is 13.2. The highest BCUT2D eigenvalue weighted by molar-refractivity contribution is 7.09. The molecule has 1 atom stereocenters. The standard InChI is InChI=1S/C14H17N5S/c1-9-14(20-8-16-9)11(18-15)7-13-17-10-5-3-4-6-12(10)19(13)2/h3-6,8,11,18H,7,15H2,1-2H3. The average molecular weight is 287 g/mol. The summed E-state index contributed by atoms with van der Waals surface area (Å²) in [5.41, 5.74) is 7.91. The molecule has 0 saturated carbocycles. The molecule has 0 aliphatic heterocycles. The second kappa shape index (κ2) is 5.32. The molecule has 0 aliphatic rings. The number of nitrogens with two attached hydrogens (primary N) is 1. The van der Waals surface area contributed by atoms with Gasteiger partial charge >= 0.3 is 0 Å². The van der Waals surface area contributed by atoms with Gasteiger partial charge < -0.3 is 4.57 Å². The number of hydrazine groups is 1. The number of hydrogen-bond acceptors (Lipinski definition) is 5. The molecular weight excluding hydrogens is 270 g/mol. The van der Waals surface area contributed by atoms with Crippen molar-refractivity contribution in [1.29, 1.82) is 0 Å². The monoisotopic (exact) mass is 287 g/mol. The Morgan fingerprint density at radius 1 is 1.40 bits per heavy atom. The van der Waals surface area contributed by atoms with E-state index in [1.165, 1.54) is 4.88 Å². The first-order valence-electron chi connectivity index (χ1n) is 6.47. The summed E-state index contributed by atoms with van der Waals surface area (Å²) in [6, 6.07) is 8.18. The van der Waals surface area contributed by atoms with E-state index in [1.807, 2.05) is 37.7 Å². The van der Waals surface area contributed by atoms with Crippen LogP contribution in [-0.4, -0.2) is 14.5 Å². The number of aromatic nitrogens is 3. The maximum atomic E-state index is 5.72. The Bertz CT molecular complexity index is 730. The van der Waals surface area contributed by atoms with E-state index in [0.717, 1.165) is 29.0 Å². The molecule has 3 rings (SSSR count). The highest BCUT2D eigenvalue weighted by Crippen LogP contribution is 2.25. The lowest BCUT2D eigenvalue weighted by Gasteiger charge is -2.14. The van der Waals surface area contributed by atoms with Crippen LogP contribution < -0.4 is 11.3 Å². The number of nitrogens with zero attached hydrogens (tertiary/aromatic N) is 3. The van der Waals surface area contributed by atoms with Crippen molar-refractivity contribution in [3.8, 4) is 0 Å². The molecular formula is C14H17N5S. The molecule has 104 valence electrons. The molecule has 2 aromatic heterocycles. The van der Waals surface area contributed by atoms with E-state index in [0.29, 0.717) is 0 Å². The van der Waals surface area contributed by atoms with Gasteiger partial charge in [-0.1, -0.05) is 12.1 Å². The van der Waals surface area contributed by atoms with Gasteiger partial charge in [0, 0.05) is 18.3 Å². The van der Waals surface area contributed by atoms with Gasteiger partial charge in [0.1, 0.15) is 5.82 Å². The first-order chi connectivity index (χ1) is 9.70. The first-order valence-corrected chi connectivity index (χ1v) is 7.35. The maximum Gasteiger partial charge on any atom is 0.111 e. The fourth-order valence-corrected chi connectivity index (χ4v) is 3.30. The second-order valence-corrected chi connectivity index (χ2v) is 5.69. The predicted molar refractivity (Wildman–Crippen MR) is 81.3 cm³/mol. The normalized spacial score (nSPS) is 12.9. The Morgan fingerprint density at radius 2 is 2.20 bits per heavy atom. The van der Waals surface area contributed by atoms with Gasteiger partial charge in [0.25, 0.3) is 0 Å². The van der Waals surface area contributed by atoms with Gasteiger partial charge in [-0.2, -0.15) is 0 Å². The number of fused-ring (bicyclic) bond motifs is 1. The van der Waals surface area contributed by atoms with Crippen molar-refractivity contribution in [3.05, 3.63) is 46.2 Å². The van der Waals surface area contributed by atoms with E-state index < -0.39 is 0 Å². The van der Waals surface area contributed by atoms with Crippen LogP contribution in [-0.2, 0) is 13.5 Å². The van der Waals surface area contributed by atoms with E-state index in [-0.39, 0.29) is 6.04 Å². The van der Waals surface area contributed by atoms with Crippen LogP contribution in [0.3, 0.4) is 0 Å². The topological polar surface area (TPSA) is 68.8 Å². The zero-order valence-corrected chi connectivity index (χ0v) is 12.3. The number of aryl methyl sites for hydroxylation is 2. The molecule has 0 radical (unpaired) electrons. The lowest BCUT2D eigenvalue weighted by atomic mass is 10.1. The lowest BCUT2D eigenvalue weighted by molar-refractivity contribution is 0.536. The molecule has 6 heteroatoms. The molecule has 0 saturated heterocycles. The molecule has 0 amide bonds. The van der Waals surface area contributed by atoms with Gasteiger partial charge in [-0.3, -0.25) is 11.3 Å². The van der Waals surface area contributed by atoms with E-state index in [9.17, 15) is 0 Å². The molecule has 5 nitrogen and oxygen atoms in total. The average Bonchev–Trinajstić information content (AvgIpc) is 3.01. The van der Waals surface area contributed by atoms with Crippen LogP contribution in [0.25, 0.3) is 11.0 Å². The molecule has 1 aromatic carbocycles. The fourth-order valence-electron chi connectivity index (χ4n) is 2.43. The zero-order chi connectivity index (χ0) is 14.1. The largest absolute Gasteiger partial charge is 0.331 e. The Hall–Kier alpha value is -1.76. The number of imidazole rings is 1. The minimum Gasteiger partial charge on any atom is -0.331 e. The number of nitrogens with one attached hydrogen (secondary N) is 1. The van der Waals surface area contributed by atoms with Crippen LogP contribution in [0.5, 0.6) is 0 Å². The number of benzene rings is 1. The Kier molecular flexibility index (Phi) is 3.52. The fraction of sp³-hybridized carbons (Fsp3) is 0.286. The summed E-state index contributed by atoms with van der Waals surface area (Å²) in [6.07, 6.45) is 0.741. The van der Waals surface area contributed by atoms with Crippen molar-refractivity contribution in [2.24, 2.45) is 12.9 Å². The number of para-hydroxylation sites is 2. The number of rotatable bonds is 4. The maximum absolute atomic E-state index is 5.72. The van der Waals surface area contributed by atoms with Crippen LogP contribution in [0.1, 0.15) is 22.4 Å². The Balaban J connectivity index is 1.95. The van der Waals surface area contributed by atoms with Crippen molar-refractivity contribution in [2.75, 3.05) is 0 Å². The summed E-state index contributed by atoms with van der Waals surface area (Å²) >= 11 is 1.62. The van der Waals surface area contributed by atoms with Crippen molar-refractivity contribution >= 4 is 22.4 Å². The molecule has 0 spiro atoms. The van der Waals surface area contributed by atoms with E-state index in [1.54, 1.807) is 11.3 Å². The molecule has 3 aromatic rings. The summed E-state index contributed by atoms with van der Waals surface area (Å²) in [4.78, 5) is 10.1. The van der Waals surface area contributed by atoms with Crippen molar-refractivity contribution < 1.29 is 0 Å². The third-order valence-corrected chi connectivity index (χ3v) is 4.61. The van der Waals surface area contributed by atoms with Crippen LogP contribution in [0.2, 0.25) is 0 Å². The van der Waals surface area contributed by atoms with Crippen molar-refractivity contribution in [1.82, 2.24) is 20.0 Å². The smallest absolute Gasteiger partial charge is 0.111 e. The number of thiazole rings is 1. The Labute approximate surface area is 121 Å². The predicted octanol–water partition coefficient (Wildman–Crippen LogP) is 2.09. The highest BCUT2D eigenvalue weighted by atomic mass is 32.1. The van der Waals surface area contributed by atoms with Crippen LogP contribution in [0.4, 0.5) is 0 Å². The summed E-state index contributed by atoms with van der Waals surface area (Å²) in [7, 11) is 2.04. The minimum atomic E-state index is 0.0398. The highest BCUT2D eigenvalue weighted by Gasteiger charge is 2.18. The number of hydrogen-bond donors (Lipinski definition) is 2. The van der Waals surface area contributed by atoms with Crippen LogP contribution >= 0.6 is 11.3 Å². The van der Waals surface area contributed by atoms with Gasteiger partial charge in [0.2, 0.25) is 0 Å². The molecule has 3 N–H and O–H groups in total. The minimum absolute atomic E-state index is 0.0398. The quantitative estimate of drug-likeness (QED) is 0.569. The van der Waals surface area contributed by atoms with Gasteiger partial charge in [0.15, 0.2) is 0 Å². The second-order valence-electron chi connectivity index (χ2n) is 4.80. The van der Waals surface area contributed by atoms with Crippen LogP contribution in [0, 0.1) is 6.92 Å². The summed E-state index contributed by atoms with van der Waals surface area (Å²) in [5.74, 6) is 6.73. The SMILES string of the molecule is Cc1ncsc1C(Cc1nc2ccccc2n1C)NN. The molecule has 0 bridgehead atoms. The lowest BCUT2D eigenvalue weighted by Crippen LogP contribution is -2.30. The molecule has 0 aliphatic carbocycles. The van der Waals surface area contributed by atoms with E-state index in [4.69, 9.17) is 10.8 Å². The van der Waals surface area contributed by atoms with Crippen molar-refractivity contribution in [3.63, 3.8) is 0 Å². The van der Waals surface area contributed by atoms with Crippen LogP contribution in [0.15, 0.2) is 29.8 Å². The van der Waals surface area contributed by atoms with Gasteiger partial charge in [-0.25, -0.2) is 9.97 Å². The van der Waals surface area contributed by atoms with E-state index in [2.05, 4.69) is 21.0 Å². The molecule has 20 heavy (non-hydrogen) atoms. The third kappa shape index (κ3) is 2.22. The third-order valence-electron chi connectivity index (χ3n) is 3.57. The van der Waals surface area contributed by atoms with Crippen molar-refractivity contribution in [2.45, 2.75) is 19.4 Å². The zero-order valence-electron chi connectivity index (χ0n) is 11.5. The molecule has 2 heterocycles. The van der Waals surface area contributed by atoms with Gasteiger partial charge in [0.05, 0.1) is 28.3 Å². The summed E-state index contributed by atoms with van der Waals surface area (Å²) < 4.78 is 2.12. The summed E-state index contributed by atoms with van der Waals surface area (Å²) in [6.45, 7) is 2.01. The van der Waals surface area contributed by atoms with E-state index >= 15 is 0 Å². The van der Waals surface area contributed by atoms with Gasteiger partial charge in [-0.15, -0.1) is 11.3 Å². The summed E-state index contributed by atoms with van der Waals surface area (Å²) in [5, 5.41) is 0.